The van der Waals surface area contributed by atoms with Crippen molar-refractivity contribution >= 4 is 0 Å². The Morgan fingerprint density at radius 1 is 0.958 bits per heavy atom. The number of hydrogen-bond acceptors (Lipinski definition) is 4. The molecule has 24 heavy (non-hydrogen) atoms. The molecule has 2 aliphatic rings. The number of hydrogen-bond donors (Lipinski definition) is 0. The predicted octanol–water partition coefficient (Wildman–Crippen LogP) is 3.67. The number of methoxy groups -OCH3 is 2. The molecule has 1 saturated heterocycles. The third-order valence-electron chi connectivity index (χ3n) is 5.45. The molecule has 1 aromatic carbocycles. The van der Waals surface area contributed by atoms with Crippen LogP contribution in [0.15, 0.2) is 18.2 Å². The standard InChI is InChI=1S/C20H31NO3/c1-22-19-10-9-16(15-20(19)23-2)11-14-24-18-8-4-3-7-17(18)21-12-5-6-13-21/h9-10,15,17-18H,3-8,11-14H2,1-2H3/t17?,18-/m0/s1. The van der Waals surface area contributed by atoms with Crippen LogP contribution in [0.2, 0.25) is 0 Å². The highest BCUT2D eigenvalue weighted by molar-refractivity contribution is 5.42. The van der Waals surface area contributed by atoms with Crippen molar-refractivity contribution < 1.29 is 14.2 Å². The summed E-state index contributed by atoms with van der Waals surface area (Å²) < 4.78 is 17.0. The fourth-order valence-electron chi connectivity index (χ4n) is 4.13. The Bertz CT molecular complexity index is 514. The van der Waals surface area contributed by atoms with Gasteiger partial charge in [0.1, 0.15) is 0 Å². The topological polar surface area (TPSA) is 30.9 Å². The molecule has 0 amide bonds. The number of rotatable bonds is 7. The Balaban J connectivity index is 1.52. The Hall–Kier alpha value is -1.26. The molecule has 1 aromatic rings. The van der Waals surface area contributed by atoms with Crippen molar-refractivity contribution in [3.8, 4) is 11.5 Å². The van der Waals surface area contributed by atoms with Gasteiger partial charge in [0.2, 0.25) is 0 Å². The van der Waals surface area contributed by atoms with Gasteiger partial charge in [-0.1, -0.05) is 18.9 Å². The Kier molecular flexibility index (Phi) is 6.38. The van der Waals surface area contributed by atoms with Gasteiger partial charge in [-0.15, -0.1) is 0 Å². The van der Waals surface area contributed by atoms with Crippen LogP contribution in [-0.2, 0) is 11.2 Å². The molecule has 1 saturated carbocycles. The zero-order valence-electron chi connectivity index (χ0n) is 15.1. The summed E-state index contributed by atoms with van der Waals surface area (Å²) in [4.78, 5) is 2.67. The minimum atomic E-state index is 0.414. The molecule has 2 fully saturated rings. The summed E-state index contributed by atoms with van der Waals surface area (Å²) in [5.41, 5.74) is 1.24. The van der Waals surface area contributed by atoms with Crippen LogP contribution in [0.1, 0.15) is 44.1 Å². The Labute approximate surface area is 146 Å². The summed E-state index contributed by atoms with van der Waals surface area (Å²) in [5.74, 6) is 1.58. The smallest absolute Gasteiger partial charge is 0.160 e. The molecule has 1 aliphatic heterocycles. The molecule has 0 spiro atoms. The van der Waals surface area contributed by atoms with Gasteiger partial charge in [0.25, 0.3) is 0 Å². The van der Waals surface area contributed by atoms with Gasteiger partial charge in [-0.3, -0.25) is 4.90 Å². The van der Waals surface area contributed by atoms with E-state index in [1.807, 2.05) is 6.07 Å². The van der Waals surface area contributed by atoms with E-state index >= 15 is 0 Å². The number of benzene rings is 1. The maximum Gasteiger partial charge on any atom is 0.160 e. The summed E-state index contributed by atoms with van der Waals surface area (Å²) in [6.07, 6.45) is 9.24. The molecule has 0 radical (unpaired) electrons. The average molecular weight is 333 g/mol. The lowest BCUT2D eigenvalue weighted by Crippen LogP contribution is -2.45. The summed E-state index contributed by atoms with van der Waals surface area (Å²) in [6, 6.07) is 6.78. The molecule has 1 heterocycles. The van der Waals surface area contributed by atoms with Gasteiger partial charge in [-0.2, -0.15) is 0 Å². The van der Waals surface area contributed by atoms with Crippen molar-refractivity contribution in [3.05, 3.63) is 23.8 Å². The van der Waals surface area contributed by atoms with E-state index < -0.39 is 0 Å². The van der Waals surface area contributed by atoms with Crippen LogP contribution >= 0.6 is 0 Å². The van der Waals surface area contributed by atoms with Crippen molar-refractivity contribution in [1.82, 2.24) is 4.90 Å². The molecule has 4 nitrogen and oxygen atoms in total. The second kappa shape index (κ2) is 8.72. The van der Waals surface area contributed by atoms with Gasteiger partial charge in [0.15, 0.2) is 11.5 Å². The van der Waals surface area contributed by atoms with Crippen LogP contribution in [0, 0.1) is 0 Å². The lowest BCUT2D eigenvalue weighted by atomic mass is 9.91. The largest absolute Gasteiger partial charge is 0.493 e. The molecule has 2 atom stereocenters. The third-order valence-corrected chi connectivity index (χ3v) is 5.45. The summed E-state index contributed by atoms with van der Waals surface area (Å²) in [7, 11) is 3.35. The van der Waals surface area contributed by atoms with Gasteiger partial charge < -0.3 is 14.2 Å². The van der Waals surface area contributed by atoms with E-state index in [0.29, 0.717) is 12.1 Å². The van der Waals surface area contributed by atoms with Gasteiger partial charge in [0.05, 0.1) is 26.9 Å². The van der Waals surface area contributed by atoms with Gasteiger partial charge in [0, 0.05) is 6.04 Å². The minimum absolute atomic E-state index is 0.414. The quantitative estimate of drug-likeness (QED) is 0.762. The first-order chi connectivity index (χ1) is 11.8. The van der Waals surface area contributed by atoms with E-state index in [1.165, 1.54) is 57.2 Å². The SMILES string of the molecule is COc1ccc(CCO[C@H]2CCCCC2N2CCCC2)cc1OC. The van der Waals surface area contributed by atoms with E-state index in [1.54, 1.807) is 14.2 Å². The van der Waals surface area contributed by atoms with Gasteiger partial charge in [-0.25, -0.2) is 0 Å². The van der Waals surface area contributed by atoms with E-state index in [-0.39, 0.29) is 0 Å². The first-order valence-corrected chi connectivity index (χ1v) is 9.38. The van der Waals surface area contributed by atoms with Crippen LogP contribution in [0.25, 0.3) is 0 Å². The highest BCUT2D eigenvalue weighted by Crippen LogP contribution is 2.29. The monoisotopic (exact) mass is 333 g/mol. The van der Waals surface area contributed by atoms with Crippen LogP contribution in [0.4, 0.5) is 0 Å². The first kappa shape index (κ1) is 17.6. The lowest BCUT2D eigenvalue weighted by Gasteiger charge is -2.37. The van der Waals surface area contributed by atoms with Crippen molar-refractivity contribution in [1.29, 1.82) is 0 Å². The Morgan fingerprint density at radius 2 is 1.71 bits per heavy atom. The number of likely N-dealkylation sites (tertiary alicyclic amines) is 1. The van der Waals surface area contributed by atoms with Crippen LogP contribution in [-0.4, -0.2) is 51.0 Å². The summed E-state index contributed by atoms with van der Waals surface area (Å²) in [6.45, 7) is 3.31. The molecule has 4 heteroatoms. The van der Waals surface area contributed by atoms with Gasteiger partial charge in [-0.05, 0) is 62.9 Å². The molecule has 0 bridgehead atoms. The number of nitrogens with zero attached hydrogens (tertiary/aromatic N) is 1. The normalized spacial score (nSPS) is 24.9. The first-order valence-electron chi connectivity index (χ1n) is 9.38. The Morgan fingerprint density at radius 3 is 2.46 bits per heavy atom. The second-order valence-electron chi connectivity index (χ2n) is 6.94. The van der Waals surface area contributed by atoms with Crippen molar-refractivity contribution in [3.63, 3.8) is 0 Å². The maximum absolute atomic E-state index is 6.33. The van der Waals surface area contributed by atoms with E-state index in [9.17, 15) is 0 Å². The fourth-order valence-corrected chi connectivity index (χ4v) is 4.13. The molecule has 0 N–H and O–H groups in total. The lowest BCUT2D eigenvalue weighted by molar-refractivity contribution is -0.0290. The maximum atomic E-state index is 6.33. The fraction of sp³-hybridized carbons (Fsp3) is 0.700. The van der Waals surface area contributed by atoms with Crippen LogP contribution in [0.5, 0.6) is 11.5 Å². The molecular weight excluding hydrogens is 302 g/mol. The van der Waals surface area contributed by atoms with Crippen molar-refractivity contribution in [2.75, 3.05) is 33.9 Å². The molecule has 134 valence electrons. The van der Waals surface area contributed by atoms with Gasteiger partial charge >= 0.3 is 0 Å². The summed E-state index contributed by atoms with van der Waals surface area (Å²) in [5, 5.41) is 0. The second-order valence-corrected chi connectivity index (χ2v) is 6.94. The molecule has 1 unspecified atom stereocenters. The predicted molar refractivity (Wildman–Crippen MR) is 96.1 cm³/mol. The highest BCUT2D eigenvalue weighted by atomic mass is 16.5. The van der Waals surface area contributed by atoms with E-state index in [2.05, 4.69) is 17.0 Å². The molecule has 0 aromatic heterocycles. The van der Waals surface area contributed by atoms with Crippen molar-refractivity contribution in [2.45, 2.75) is 57.1 Å². The average Bonchev–Trinajstić information content (AvgIpc) is 3.16. The summed E-state index contributed by atoms with van der Waals surface area (Å²) >= 11 is 0. The van der Waals surface area contributed by atoms with E-state index in [4.69, 9.17) is 14.2 Å². The number of ether oxygens (including phenoxy) is 3. The van der Waals surface area contributed by atoms with Crippen LogP contribution in [0.3, 0.4) is 0 Å². The molecule has 1 aliphatic carbocycles. The molecular formula is C20H31NO3. The zero-order chi connectivity index (χ0) is 16.8. The highest BCUT2D eigenvalue weighted by Gasteiger charge is 2.31. The molecule has 3 rings (SSSR count). The van der Waals surface area contributed by atoms with Crippen LogP contribution < -0.4 is 9.47 Å². The van der Waals surface area contributed by atoms with Crippen molar-refractivity contribution in [2.24, 2.45) is 0 Å². The minimum Gasteiger partial charge on any atom is -0.493 e. The third kappa shape index (κ3) is 4.22. The van der Waals surface area contributed by atoms with E-state index in [0.717, 1.165) is 24.5 Å². The zero-order valence-corrected chi connectivity index (χ0v) is 15.1.